The van der Waals surface area contributed by atoms with E-state index in [1.54, 1.807) is 0 Å². The highest BCUT2D eigenvalue weighted by Crippen LogP contribution is 2.52. The van der Waals surface area contributed by atoms with E-state index in [0.717, 1.165) is 0 Å². The van der Waals surface area contributed by atoms with Gasteiger partial charge in [0.25, 0.3) is 0 Å². The van der Waals surface area contributed by atoms with Crippen LogP contribution in [0.1, 0.15) is 0 Å². The molecule has 4 heterocycles. The minimum Gasteiger partial charge on any atom is -0.375 e. The molecule has 0 saturated heterocycles. The minimum atomic E-state index is 0.118. The first-order valence-corrected chi connectivity index (χ1v) is 15.7. The summed E-state index contributed by atoms with van der Waals surface area (Å²) < 4.78 is 2.67. The van der Waals surface area contributed by atoms with Crippen LogP contribution in [0.4, 0.5) is 17.1 Å². The molecule has 0 unspecified atom stereocenters. The first-order valence-electron chi connectivity index (χ1n) is 15.7. The highest BCUT2D eigenvalue weighted by Gasteiger charge is 2.46. The van der Waals surface area contributed by atoms with Gasteiger partial charge in [-0.3, -0.25) is 0 Å². The molecule has 0 atom stereocenters. The van der Waals surface area contributed by atoms with Crippen LogP contribution in [-0.2, 0) is 0 Å². The summed E-state index contributed by atoms with van der Waals surface area (Å²) in [5.41, 5.74) is 19.4. The fourth-order valence-corrected chi connectivity index (χ4v) is 8.64. The molecular formula is C42H25BN2. The lowest BCUT2D eigenvalue weighted by molar-refractivity contribution is 1.25. The average molecular weight is 568 g/mol. The molecule has 45 heavy (non-hydrogen) atoms. The van der Waals surface area contributed by atoms with Crippen LogP contribution in [0.2, 0.25) is 0 Å². The summed E-state index contributed by atoms with van der Waals surface area (Å²) in [4.78, 5) is 2.58. The maximum Gasteiger partial charge on any atom is 0.333 e. The molecule has 0 fully saturated rings. The molecule has 0 saturated carbocycles. The van der Waals surface area contributed by atoms with Gasteiger partial charge in [0.15, 0.2) is 0 Å². The normalized spacial score (nSPS) is 13.2. The van der Waals surface area contributed by atoms with Crippen LogP contribution in [-0.4, -0.2) is 11.3 Å². The number of anilines is 3. The third kappa shape index (κ3) is 2.87. The van der Waals surface area contributed by atoms with E-state index in [-0.39, 0.29) is 6.85 Å². The van der Waals surface area contributed by atoms with Crippen LogP contribution >= 0.6 is 0 Å². The Labute approximate surface area is 261 Å². The fourth-order valence-electron chi connectivity index (χ4n) is 8.64. The number of benzene rings is 7. The summed E-state index contributed by atoms with van der Waals surface area (Å²) in [6.45, 7) is 0.118. The van der Waals surface area contributed by atoms with Crippen LogP contribution in [0.15, 0.2) is 152 Å². The molecule has 206 valence electrons. The van der Waals surface area contributed by atoms with Crippen molar-refractivity contribution in [2.75, 3.05) is 4.90 Å². The predicted molar refractivity (Wildman–Crippen MR) is 190 cm³/mol. The standard InChI is InChI=1S/C42H25BN2/c1-3-12-26(13-4-1)28-16-7-17-29(27-14-5-2-6-15-27)40(28)44-36-24-10-18-30-32-20-8-22-34-35-23-9-21-33-31-19-11-25-37(44)39(31)43(38(30)36)45(41(32)34)42(33)35/h1-25H. The topological polar surface area (TPSA) is 8.17 Å². The van der Waals surface area contributed by atoms with Crippen molar-refractivity contribution in [3.63, 3.8) is 0 Å². The van der Waals surface area contributed by atoms with Crippen molar-refractivity contribution < 1.29 is 0 Å². The summed E-state index contributed by atoms with van der Waals surface area (Å²) in [6.07, 6.45) is 0. The third-order valence-corrected chi connectivity index (χ3v) is 10.3. The molecule has 0 spiro atoms. The Morgan fingerprint density at radius 2 is 0.778 bits per heavy atom. The molecule has 0 N–H and O–H groups in total. The molecule has 3 aliphatic rings. The summed E-state index contributed by atoms with van der Waals surface area (Å²) >= 11 is 0. The average Bonchev–Trinajstić information content (AvgIpc) is 3.46. The lowest BCUT2D eigenvalue weighted by Crippen LogP contribution is -2.58. The van der Waals surface area contributed by atoms with Crippen molar-refractivity contribution in [1.29, 1.82) is 0 Å². The lowest BCUT2D eigenvalue weighted by atomic mass is 9.43. The monoisotopic (exact) mass is 568 g/mol. The Hall–Kier alpha value is -5.80. The van der Waals surface area contributed by atoms with Crippen molar-refractivity contribution in [2.24, 2.45) is 0 Å². The molecule has 0 aliphatic carbocycles. The second-order valence-corrected chi connectivity index (χ2v) is 12.4. The lowest BCUT2D eigenvalue weighted by Gasteiger charge is -2.44. The molecule has 1 aromatic heterocycles. The van der Waals surface area contributed by atoms with E-state index in [1.165, 1.54) is 94.3 Å². The van der Waals surface area contributed by atoms with Gasteiger partial charge in [-0.2, -0.15) is 0 Å². The van der Waals surface area contributed by atoms with Gasteiger partial charge in [-0.05, 0) is 45.3 Å². The Bertz CT molecular complexity index is 2380. The number of nitrogens with zero attached hydrogens (tertiary/aromatic N) is 2. The second kappa shape index (κ2) is 8.43. The van der Waals surface area contributed by atoms with E-state index >= 15 is 0 Å². The van der Waals surface area contributed by atoms with E-state index < -0.39 is 0 Å². The van der Waals surface area contributed by atoms with Gasteiger partial charge in [-0.15, -0.1) is 0 Å². The highest BCUT2D eigenvalue weighted by molar-refractivity contribution is 6.91. The van der Waals surface area contributed by atoms with Gasteiger partial charge < -0.3 is 9.38 Å². The fraction of sp³-hybridized carbons (Fsp3) is 0. The molecule has 0 radical (unpaired) electrons. The van der Waals surface area contributed by atoms with Gasteiger partial charge in [0.2, 0.25) is 0 Å². The van der Waals surface area contributed by atoms with Crippen molar-refractivity contribution >= 4 is 56.6 Å². The maximum absolute atomic E-state index is 2.67. The number of fused-ring (bicyclic) bond motifs is 3. The van der Waals surface area contributed by atoms with Crippen molar-refractivity contribution in [3.8, 4) is 44.5 Å². The molecule has 7 aromatic carbocycles. The van der Waals surface area contributed by atoms with Crippen LogP contribution in [0.25, 0.3) is 66.3 Å². The summed E-state index contributed by atoms with van der Waals surface area (Å²) in [6, 6.07) is 56.2. The largest absolute Gasteiger partial charge is 0.375 e. The zero-order valence-electron chi connectivity index (χ0n) is 24.4. The van der Waals surface area contributed by atoms with E-state index in [2.05, 4.69) is 161 Å². The highest BCUT2D eigenvalue weighted by atomic mass is 15.2. The van der Waals surface area contributed by atoms with E-state index in [1.807, 2.05) is 0 Å². The van der Waals surface area contributed by atoms with Crippen LogP contribution in [0.5, 0.6) is 0 Å². The summed E-state index contributed by atoms with van der Waals surface area (Å²) in [5.74, 6) is 0. The molecule has 11 rings (SSSR count). The van der Waals surface area contributed by atoms with Gasteiger partial charge >= 0.3 is 6.85 Å². The smallest absolute Gasteiger partial charge is 0.333 e. The SMILES string of the molecule is c1ccc(-c2cccc(-c3ccccc3)c2N2c3cccc4c3B3c5c(cccc52)-c2cccc5c6cccc-4c6n3c25)cc1. The Morgan fingerprint density at radius 1 is 0.356 bits per heavy atom. The van der Waals surface area contributed by atoms with Crippen LogP contribution < -0.4 is 15.8 Å². The van der Waals surface area contributed by atoms with Crippen LogP contribution in [0, 0.1) is 0 Å². The first kappa shape index (κ1) is 23.6. The van der Waals surface area contributed by atoms with E-state index in [9.17, 15) is 0 Å². The molecule has 0 amide bonds. The Morgan fingerprint density at radius 3 is 1.29 bits per heavy atom. The minimum absolute atomic E-state index is 0.118. The molecule has 0 bridgehead atoms. The predicted octanol–water partition coefficient (Wildman–Crippen LogP) is 9.53. The van der Waals surface area contributed by atoms with Gasteiger partial charge in [0.1, 0.15) is 0 Å². The van der Waals surface area contributed by atoms with Crippen molar-refractivity contribution in [3.05, 3.63) is 152 Å². The second-order valence-electron chi connectivity index (χ2n) is 12.4. The zero-order valence-corrected chi connectivity index (χ0v) is 24.4. The number of aromatic nitrogens is 1. The number of para-hydroxylation sites is 3. The third-order valence-electron chi connectivity index (χ3n) is 10.3. The Kier molecular flexibility index (Phi) is 4.43. The first-order chi connectivity index (χ1) is 22.4. The van der Waals surface area contributed by atoms with Gasteiger partial charge in [-0.25, -0.2) is 0 Å². The van der Waals surface area contributed by atoms with E-state index in [4.69, 9.17) is 0 Å². The van der Waals surface area contributed by atoms with Gasteiger partial charge in [0, 0.05) is 55.4 Å². The molecule has 8 aromatic rings. The van der Waals surface area contributed by atoms with Crippen molar-refractivity contribution in [2.45, 2.75) is 0 Å². The summed E-state index contributed by atoms with van der Waals surface area (Å²) in [5, 5.41) is 2.69. The molecular weight excluding hydrogens is 543 g/mol. The number of hydrogen-bond donors (Lipinski definition) is 0. The van der Waals surface area contributed by atoms with E-state index in [0.29, 0.717) is 0 Å². The van der Waals surface area contributed by atoms with Gasteiger partial charge in [-0.1, -0.05) is 140 Å². The van der Waals surface area contributed by atoms with Crippen molar-refractivity contribution in [1.82, 2.24) is 4.48 Å². The summed E-state index contributed by atoms with van der Waals surface area (Å²) in [7, 11) is 0. The number of rotatable bonds is 3. The quantitative estimate of drug-likeness (QED) is 0.193. The number of hydrogen-bond acceptors (Lipinski definition) is 1. The maximum atomic E-state index is 2.67. The van der Waals surface area contributed by atoms with Gasteiger partial charge in [0.05, 0.1) is 5.69 Å². The zero-order chi connectivity index (χ0) is 29.2. The molecule has 3 aliphatic heterocycles. The van der Waals surface area contributed by atoms with Crippen LogP contribution in [0.3, 0.4) is 0 Å². The Balaban J connectivity index is 1.34. The molecule has 2 nitrogen and oxygen atoms in total. The molecule has 3 heteroatoms.